The van der Waals surface area contributed by atoms with E-state index in [-0.39, 0.29) is 72.9 Å². The van der Waals surface area contributed by atoms with E-state index < -0.39 is 67.0 Å². The summed E-state index contributed by atoms with van der Waals surface area (Å²) in [5, 5.41) is 20.5. The molecule has 4 fully saturated rings. The Morgan fingerprint density at radius 1 is 0.564 bits per heavy atom. The number of nitrogens with zero attached hydrogens (tertiary/aromatic N) is 4. The molecule has 14 nitrogen and oxygen atoms in total. The lowest BCUT2D eigenvalue weighted by Crippen LogP contribution is -2.58. The second-order valence-electron chi connectivity index (χ2n) is 22.2. The van der Waals surface area contributed by atoms with E-state index in [0.29, 0.717) is 71.5 Å². The number of carbonyl (C=O) groups is 4. The van der Waals surface area contributed by atoms with E-state index in [1.807, 2.05) is 98.2 Å². The van der Waals surface area contributed by atoms with Gasteiger partial charge in [-0.1, -0.05) is 123 Å². The van der Waals surface area contributed by atoms with Crippen molar-refractivity contribution in [3.05, 3.63) is 139 Å². The fourth-order valence-electron chi connectivity index (χ4n) is 11.7. The molecule has 0 aromatic heterocycles. The number of hydrogen-bond acceptors (Lipinski definition) is 8. The van der Waals surface area contributed by atoms with E-state index >= 15 is 0 Å². The summed E-state index contributed by atoms with van der Waals surface area (Å²) in [6.45, 7) is 7.87. The molecule has 2 saturated carbocycles. The van der Waals surface area contributed by atoms with E-state index in [1.54, 1.807) is 50.5 Å². The average Bonchev–Trinajstić information content (AvgIpc) is 4.42. The number of piperidine rings is 2. The number of amides is 2. The zero-order valence-electron chi connectivity index (χ0n) is 45.0. The molecule has 2 heterocycles. The molecule has 4 aromatic rings. The predicted octanol–water partition coefficient (Wildman–Crippen LogP) is 12.2. The van der Waals surface area contributed by atoms with Gasteiger partial charge in [-0.15, -0.1) is 0 Å². The van der Waals surface area contributed by atoms with Crippen molar-refractivity contribution in [2.45, 2.75) is 151 Å². The van der Waals surface area contributed by atoms with Crippen LogP contribution in [0.25, 0.3) is 0 Å². The molecule has 8 atom stereocenters. The smallest absolute Gasteiger partial charge is 0.303 e. The number of carbonyl (C=O) groups excluding carboxylic acids is 2. The number of carboxylic acid groups (broad SMARTS) is 2. The summed E-state index contributed by atoms with van der Waals surface area (Å²) in [4.78, 5) is 55.7. The van der Waals surface area contributed by atoms with Gasteiger partial charge in [0.25, 0.3) is 0 Å². The lowest BCUT2D eigenvalue weighted by molar-refractivity contribution is -0.157. The average molecular weight is 1190 g/mol. The van der Waals surface area contributed by atoms with E-state index in [4.69, 9.17) is 46.4 Å². The number of benzene rings is 4. The van der Waals surface area contributed by atoms with E-state index in [2.05, 4.69) is 0 Å². The molecule has 2 aliphatic heterocycles. The van der Waals surface area contributed by atoms with Gasteiger partial charge in [0, 0.05) is 94.9 Å². The number of likely N-dealkylation sites (N-methyl/N-ethyl adjacent to an activating group) is 2. The Morgan fingerprint density at radius 3 is 1.18 bits per heavy atom. The molecule has 20 heteroatoms. The third-order valence-corrected chi connectivity index (χ3v) is 22.0. The molecule has 4 aliphatic rings. The minimum absolute atomic E-state index is 0.142. The maximum Gasteiger partial charge on any atom is 0.303 e. The molecule has 2 aliphatic carbocycles. The Bertz CT molecular complexity index is 2830. The first-order valence-corrected chi connectivity index (χ1v) is 31.3. The van der Waals surface area contributed by atoms with Crippen molar-refractivity contribution < 1.29 is 46.2 Å². The van der Waals surface area contributed by atoms with Crippen molar-refractivity contribution in [3.8, 4) is 0 Å². The second-order valence-corrected chi connectivity index (χ2v) is 28.6. The van der Waals surface area contributed by atoms with Crippen LogP contribution in [0, 0.1) is 10.8 Å². The lowest BCUT2D eigenvalue weighted by Gasteiger charge is -2.52. The molecule has 2 amide bonds. The summed E-state index contributed by atoms with van der Waals surface area (Å²) >= 11 is 25.3. The Hall–Kier alpha value is -4.26. The summed E-state index contributed by atoms with van der Waals surface area (Å²) < 4.78 is 55.0. The van der Waals surface area contributed by atoms with Gasteiger partial charge in [-0.25, -0.2) is 25.4 Å². The molecule has 0 unspecified atom stereocenters. The van der Waals surface area contributed by atoms with E-state index in [9.17, 15) is 46.2 Å². The lowest BCUT2D eigenvalue weighted by atomic mass is 9.66. The van der Waals surface area contributed by atoms with Crippen LogP contribution in [0.2, 0.25) is 20.1 Å². The third-order valence-electron chi connectivity index (χ3n) is 16.4. The van der Waals surface area contributed by atoms with Gasteiger partial charge in [0.1, 0.15) is 0 Å². The molecule has 4 aromatic carbocycles. The number of sulfonamides is 2. The zero-order chi connectivity index (χ0) is 57.1. The standard InChI is InChI=1S/2C29H36Cl2N2O5S/c2*1-4-23(18-32(3)39(37,38)24-12-13-24)33-27(19-8-10-21(30)11-9-19)25(20-6-5-7-22(31)16-20)17-29(2,28(33)36)15-14-26(34)35/h2*5-11,16,23-25,27H,4,12-15,17-18H2,1-3H3,(H,34,35)/t23-,25+,27+,29+;23-,25+,27+,29-/m00/s1. The van der Waals surface area contributed by atoms with Gasteiger partial charge in [-0.05, 0) is 135 Å². The van der Waals surface area contributed by atoms with Crippen LogP contribution in [0.15, 0.2) is 97.1 Å². The molecule has 8 rings (SSSR count). The van der Waals surface area contributed by atoms with Gasteiger partial charge in [0.05, 0.1) is 22.6 Å². The highest BCUT2D eigenvalue weighted by molar-refractivity contribution is 7.90. The van der Waals surface area contributed by atoms with Gasteiger partial charge >= 0.3 is 11.9 Å². The first-order chi connectivity index (χ1) is 36.7. The molecule has 2 saturated heterocycles. The van der Waals surface area contributed by atoms with Crippen LogP contribution in [0.4, 0.5) is 0 Å². The summed E-state index contributed by atoms with van der Waals surface area (Å²) in [5.74, 6) is -2.66. The molecule has 0 bridgehead atoms. The molecular formula is C58H72Cl4N4O10S2. The van der Waals surface area contributed by atoms with E-state index in [1.165, 1.54) is 8.61 Å². The minimum atomic E-state index is -3.45. The highest BCUT2D eigenvalue weighted by atomic mass is 35.5. The molecule has 0 radical (unpaired) electrons. The van der Waals surface area contributed by atoms with Crippen molar-refractivity contribution in [2.24, 2.45) is 10.8 Å². The van der Waals surface area contributed by atoms with Crippen molar-refractivity contribution >= 4 is 90.2 Å². The van der Waals surface area contributed by atoms with Gasteiger partial charge in [0.2, 0.25) is 31.9 Å². The third kappa shape index (κ3) is 14.1. The van der Waals surface area contributed by atoms with Crippen LogP contribution in [-0.4, -0.2) is 119 Å². The second kappa shape index (κ2) is 25.3. The number of carboxylic acids is 2. The van der Waals surface area contributed by atoms with Crippen molar-refractivity contribution in [1.29, 1.82) is 0 Å². The Kier molecular flexibility index (Phi) is 19.9. The number of hydrogen-bond donors (Lipinski definition) is 2. The van der Waals surface area contributed by atoms with Crippen LogP contribution in [-0.2, 0) is 39.2 Å². The Balaban J connectivity index is 0.000000226. The topological polar surface area (TPSA) is 190 Å². The summed E-state index contributed by atoms with van der Waals surface area (Å²) in [7, 11) is -3.74. The molecular weight excluding hydrogens is 1120 g/mol. The fraction of sp³-hybridized carbons (Fsp3) is 0.517. The van der Waals surface area contributed by atoms with Crippen molar-refractivity contribution in [1.82, 2.24) is 18.4 Å². The van der Waals surface area contributed by atoms with Crippen LogP contribution in [0.3, 0.4) is 0 Å². The Morgan fingerprint density at radius 2 is 0.897 bits per heavy atom. The molecule has 2 N–H and O–H groups in total. The number of halogens is 4. The molecule has 78 heavy (non-hydrogen) atoms. The van der Waals surface area contributed by atoms with Crippen molar-refractivity contribution in [3.63, 3.8) is 0 Å². The molecule has 424 valence electrons. The van der Waals surface area contributed by atoms with Gasteiger partial charge in [-0.2, -0.15) is 0 Å². The molecule has 0 spiro atoms. The van der Waals surface area contributed by atoms with Crippen LogP contribution >= 0.6 is 46.4 Å². The quantitative estimate of drug-likeness (QED) is 0.0766. The largest absolute Gasteiger partial charge is 0.481 e. The van der Waals surface area contributed by atoms with Gasteiger partial charge < -0.3 is 20.0 Å². The Labute approximate surface area is 480 Å². The van der Waals surface area contributed by atoms with Crippen LogP contribution in [0.5, 0.6) is 0 Å². The summed E-state index contributed by atoms with van der Waals surface area (Å²) in [5.41, 5.74) is 1.71. The fourth-order valence-corrected chi connectivity index (χ4v) is 15.5. The highest BCUT2D eigenvalue weighted by Crippen LogP contribution is 2.54. The number of likely N-dealkylation sites (tertiary alicyclic amines) is 2. The van der Waals surface area contributed by atoms with Crippen LogP contribution in [0.1, 0.15) is 151 Å². The minimum Gasteiger partial charge on any atom is -0.481 e. The maximum absolute atomic E-state index is 14.4. The summed E-state index contributed by atoms with van der Waals surface area (Å²) in [6, 6.07) is 28.2. The first kappa shape index (κ1) is 61.4. The predicted molar refractivity (Wildman–Crippen MR) is 307 cm³/mol. The van der Waals surface area contributed by atoms with E-state index in [0.717, 1.165) is 22.3 Å². The maximum atomic E-state index is 14.4. The number of rotatable bonds is 22. The van der Waals surface area contributed by atoms with Gasteiger partial charge in [-0.3, -0.25) is 19.2 Å². The van der Waals surface area contributed by atoms with Crippen LogP contribution < -0.4 is 0 Å². The first-order valence-electron chi connectivity index (χ1n) is 26.8. The summed E-state index contributed by atoms with van der Waals surface area (Å²) in [6.07, 6.45) is 4.60. The SMILES string of the molecule is CC[C@@H](CN(C)S(=O)(=O)C1CC1)N1C(=O)[C@@](C)(CCC(=O)O)C[C@H](c2cccc(Cl)c2)[C@H]1c1ccc(Cl)cc1.CC[C@@H](CN(C)S(=O)(=O)C1CC1)N1C(=O)[C@](C)(CCC(=O)O)C[C@H](c2cccc(Cl)c2)[C@H]1c1ccc(Cl)cc1. The highest BCUT2D eigenvalue weighted by Gasteiger charge is 2.54. The number of aliphatic carboxylic acids is 2. The monoisotopic (exact) mass is 1190 g/mol. The van der Waals surface area contributed by atoms with Crippen molar-refractivity contribution in [2.75, 3.05) is 27.2 Å². The normalized spacial score (nSPS) is 24.7. The van der Waals surface area contributed by atoms with Gasteiger partial charge in [0.15, 0.2) is 0 Å². The zero-order valence-corrected chi connectivity index (χ0v) is 49.7.